The van der Waals surface area contributed by atoms with Gasteiger partial charge in [0.05, 0.1) is 6.42 Å². The van der Waals surface area contributed by atoms with Crippen molar-refractivity contribution in [2.75, 3.05) is 0 Å². The van der Waals surface area contributed by atoms with Crippen LogP contribution in [-0.2, 0) is 14.3 Å². The second-order valence-electron chi connectivity index (χ2n) is 4.59. The Hall–Kier alpha value is -1.06. The van der Waals surface area contributed by atoms with E-state index in [0.29, 0.717) is 6.42 Å². The number of carboxylic acids is 1. The van der Waals surface area contributed by atoms with E-state index in [1.165, 1.54) is 6.92 Å². The summed E-state index contributed by atoms with van der Waals surface area (Å²) in [6.07, 6.45) is -0.0968. The van der Waals surface area contributed by atoms with Crippen LogP contribution in [0, 0.1) is 5.41 Å². The van der Waals surface area contributed by atoms with Crippen LogP contribution in [0.25, 0.3) is 0 Å². The van der Waals surface area contributed by atoms with Crippen molar-refractivity contribution in [3.05, 3.63) is 0 Å². The second kappa shape index (κ2) is 4.98. The normalized spacial score (nSPS) is 13.4. The van der Waals surface area contributed by atoms with E-state index < -0.39 is 18.0 Å². The maximum Gasteiger partial charge on any atom is 0.307 e. The highest BCUT2D eigenvalue weighted by molar-refractivity contribution is 5.69. The van der Waals surface area contributed by atoms with Crippen LogP contribution in [0.4, 0.5) is 0 Å². The average Bonchev–Trinajstić information content (AvgIpc) is 1.77. The predicted molar refractivity (Wildman–Crippen MR) is 51.9 cm³/mol. The van der Waals surface area contributed by atoms with Gasteiger partial charge in [-0.1, -0.05) is 20.8 Å². The third-order valence-electron chi connectivity index (χ3n) is 1.57. The van der Waals surface area contributed by atoms with Gasteiger partial charge in [0.2, 0.25) is 0 Å². The van der Waals surface area contributed by atoms with Crippen molar-refractivity contribution in [2.45, 2.75) is 46.6 Å². The number of hydrogen-bond acceptors (Lipinski definition) is 3. The van der Waals surface area contributed by atoms with Gasteiger partial charge in [0.1, 0.15) is 6.10 Å². The monoisotopic (exact) mass is 202 g/mol. The first kappa shape index (κ1) is 12.9. The Morgan fingerprint density at radius 3 is 2.14 bits per heavy atom. The van der Waals surface area contributed by atoms with Crippen LogP contribution < -0.4 is 0 Å². The van der Waals surface area contributed by atoms with Gasteiger partial charge < -0.3 is 9.84 Å². The minimum atomic E-state index is -0.944. The van der Waals surface area contributed by atoms with Gasteiger partial charge in [0.15, 0.2) is 0 Å². The average molecular weight is 202 g/mol. The molecule has 0 heterocycles. The van der Waals surface area contributed by atoms with E-state index >= 15 is 0 Å². The highest BCUT2D eigenvalue weighted by Gasteiger charge is 2.23. The van der Waals surface area contributed by atoms with Gasteiger partial charge in [-0.05, 0) is 11.8 Å². The largest absolute Gasteiger partial charge is 0.481 e. The van der Waals surface area contributed by atoms with Crippen LogP contribution in [0.2, 0.25) is 0 Å². The van der Waals surface area contributed by atoms with Gasteiger partial charge >= 0.3 is 11.9 Å². The molecule has 0 saturated heterocycles. The fraction of sp³-hybridized carbons (Fsp3) is 0.800. The van der Waals surface area contributed by atoms with E-state index in [9.17, 15) is 9.59 Å². The van der Waals surface area contributed by atoms with Gasteiger partial charge in [-0.3, -0.25) is 9.59 Å². The fourth-order valence-corrected chi connectivity index (χ4v) is 1.27. The highest BCUT2D eigenvalue weighted by atomic mass is 16.5. The molecule has 0 aliphatic carbocycles. The van der Waals surface area contributed by atoms with E-state index in [2.05, 4.69) is 0 Å². The van der Waals surface area contributed by atoms with Gasteiger partial charge in [-0.15, -0.1) is 0 Å². The third kappa shape index (κ3) is 7.58. The molecule has 0 fully saturated rings. The minimum absolute atomic E-state index is 0.0461. The molecule has 14 heavy (non-hydrogen) atoms. The molecule has 82 valence electrons. The molecule has 0 bridgehead atoms. The van der Waals surface area contributed by atoms with Gasteiger partial charge in [0.25, 0.3) is 0 Å². The van der Waals surface area contributed by atoms with Crippen molar-refractivity contribution in [3.8, 4) is 0 Å². The Bertz CT molecular complexity index is 199. The number of carboxylic acid groups (broad SMARTS) is 1. The van der Waals surface area contributed by atoms with Crippen LogP contribution in [0.3, 0.4) is 0 Å². The maximum atomic E-state index is 10.7. The molecule has 1 N–H and O–H groups in total. The Morgan fingerprint density at radius 1 is 1.36 bits per heavy atom. The van der Waals surface area contributed by atoms with Crippen molar-refractivity contribution in [2.24, 2.45) is 5.41 Å². The van der Waals surface area contributed by atoms with Crippen LogP contribution >= 0.6 is 0 Å². The lowest BCUT2D eigenvalue weighted by Gasteiger charge is -2.24. The number of carbonyl (C=O) groups is 2. The van der Waals surface area contributed by atoms with Crippen LogP contribution in [-0.4, -0.2) is 23.1 Å². The van der Waals surface area contributed by atoms with E-state index in [4.69, 9.17) is 9.84 Å². The zero-order chi connectivity index (χ0) is 11.4. The van der Waals surface area contributed by atoms with Crippen LogP contribution in [0.1, 0.15) is 40.5 Å². The first-order valence-corrected chi connectivity index (χ1v) is 4.60. The third-order valence-corrected chi connectivity index (χ3v) is 1.57. The number of ether oxygens (including phenoxy) is 1. The summed E-state index contributed by atoms with van der Waals surface area (Å²) < 4.78 is 4.92. The molecule has 0 aromatic rings. The standard InChI is InChI=1S/C10H18O4/c1-7(11)14-8(5-9(12)13)6-10(2,3)4/h8H,5-6H2,1-4H3,(H,12,13)/t8-/m0/s1. The Labute approximate surface area is 84.3 Å². The molecule has 0 amide bonds. The molecule has 0 aromatic heterocycles. The molecule has 0 aliphatic heterocycles. The molecule has 0 spiro atoms. The summed E-state index contributed by atoms with van der Waals surface area (Å²) >= 11 is 0. The quantitative estimate of drug-likeness (QED) is 0.706. The number of esters is 1. The van der Waals surface area contributed by atoms with Crippen molar-refractivity contribution >= 4 is 11.9 Å². The van der Waals surface area contributed by atoms with E-state index in [1.54, 1.807) is 0 Å². The number of hydrogen-bond donors (Lipinski definition) is 1. The van der Waals surface area contributed by atoms with Crippen molar-refractivity contribution < 1.29 is 19.4 Å². The highest BCUT2D eigenvalue weighted by Crippen LogP contribution is 2.24. The lowest BCUT2D eigenvalue weighted by Crippen LogP contribution is -2.25. The van der Waals surface area contributed by atoms with Gasteiger partial charge in [0, 0.05) is 6.92 Å². The van der Waals surface area contributed by atoms with E-state index in [-0.39, 0.29) is 11.8 Å². The first-order valence-electron chi connectivity index (χ1n) is 4.60. The summed E-state index contributed by atoms with van der Waals surface area (Å²) in [6, 6.07) is 0. The smallest absolute Gasteiger partial charge is 0.307 e. The fourth-order valence-electron chi connectivity index (χ4n) is 1.27. The lowest BCUT2D eigenvalue weighted by atomic mass is 9.88. The molecule has 1 atom stereocenters. The summed E-state index contributed by atoms with van der Waals surface area (Å²) in [7, 11) is 0. The van der Waals surface area contributed by atoms with Crippen molar-refractivity contribution in [1.29, 1.82) is 0 Å². The number of aliphatic carboxylic acids is 1. The summed E-state index contributed by atoms with van der Waals surface area (Å²) in [4.78, 5) is 21.2. The summed E-state index contributed by atoms with van der Waals surface area (Å²) in [5.74, 6) is -1.37. The maximum absolute atomic E-state index is 10.7. The molecule has 0 aromatic carbocycles. The molecular formula is C10H18O4. The summed E-state index contributed by atoms with van der Waals surface area (Å²) in [5, 5.41) is 8.60. The number of rotatable bonds is 4. The summed E-state index contributed by atoms with van der Waals surface area (Å²) in [6.45, 7) is 7.22. The Balaban J connectivity index is 4.24. The zero-order valence-corrected chi connectivity index (χ0v) is 9.16. The second-order valence-corrected chi connectivity index (χ2v) is 4.59. The van der Waals surface area contributed by atoms with Crippen molar-refractivity contribution in [1.82, 2.24) is 0 Å². The molecule has 0 aliphatic rings. The molecule has 0 rings (SSSR count). The molecular weight excluding hydrogens is 184 g/mol. The summed E-state index contributed by atoms with van der Waals surface area (Å²) in [5.41, 5.74) is -0.0461. The van der Waals surface area contributed by atoms with Crippen molar-refractivity contribution in [3.63, 3.8) is 0 Å². The Morgan fingerprint density at radius 2 is 1.86 bits per heavy atom. The topological polar surface area (TPSA) is 63.6 Å². The van der Waals surface area contributed by atoms with Crippen LogP contribution in [0.5, 0.6) is 0 Å². The zero-order valence-electron chi connectivity index (χ0n) is 9.16. The first-order chi connectivity index (χ1) is 6.20. The molecule has 4 heteroatoms. The number of carbonyl (C=O) groups excluding carboxylic acids is 1. The molecule has 0 saturated carbocycles. The molecule has 0 unspecified atom stereocenters. The van der Waals surface area contributed by atoms with E-state index in [0.717, 1.165) is 0 Å². The van der Waals surface area contributed by atoms with E-state index in [1.807, 2.05) is 20.8 Å². The predicted octanol–water partition coefficient (Wildman–Crippen LogP) is 1.83. The van der Waals surface area contributed by atoms with Crippen LogP contribution in [0.15, 0.2) is 0 Å². The SMILES string of the molecule is CC(=O)O[C@@H](CC(=O)O)CC(C)(C)C. The Kier molecular flexibility index (Phi) is 4.60. The van der Waals surface area contributed by atoms with Gasteiger partial charge in [-0.2, -0.15) is 0 Å². The van der Waals surface area contributed by atoms with Gasteiger partial charge in [-0.25, -0.2) is 0 Å². The lowest BCUT2D eigenvalue weighted by molar-refractivity contribution is -0.152. The molecule has 0 radical (unpaired) electrons. The minimum Gasteiger partial charge on any atom is -0.481 e. The molecule has 4 nitrogen and oxygen atoms in total.